The highest BCUT2D eigenvalue weighted by atomic mass is 16.5. The smallest absolute Gasteiger partial charge is 0.260 e. The molecule has 2 heterocycles. The van der Waals surface area contributed by atoms with E-state index in [1.54, 1.807) is 24.7 Å². The monoisotopic (exact) mass is 314 g/mol. The van der Waals surface area contributed by atoms with Gasteiger partial charge in [-0.3, -0.25) is 14.6 Å². The minimum Gasteiger partial charge on any atom is -0.473 e. The molecule has 1 saturated carbocycles. The van der Waals surface area contributed by atoms with Crippen LogP contribution in [0.2, 0.25) is 0 Å². The lowest BCUT2D eigenvalue weighted by molar-refractivity contribution is 0.0888. The van der Waals surface area contributed by atoms with E-state index in [4.69, 9.17) is 4.74 Å². The van der Waals surface area contributed by atoms with Gasteiger partial charge in [0, 0.05) is 24.6 Å². The first-order chi connectivity index (χ1) is 11.2. The summed E-state index contributed by atoms with van der Waals surface area (Å²) in [6.45, 7) is 0. The van der Waals surface area contributed by atoms with Crippen molar-refractivity contribution in [2.24, 2.45) is 0 Å². The first-order valence-corrected chi connectivity index (χ1v) is 7.63. The van der Waals surface area contributed by atoms with E-state index in [0.29, 0.717) is 5.88 Å². The second-order valence-electron chi connectivity index (χ2n) is 5.52. The van der Waals surface area contributed by atoms with E-state index in [2.05, 4.69) is 20.3 Å². The van der Waals surface area contributed by atoms with Gasteiger partial charge in [0.05, 0.1) is 6.20 Å². The van der Waals surface area contributed by atoms with Crippen LogP contribution in [0.5, 0.6) is 5.88 Å². The molecular weight excluding hydrogens is 296 g/mol. The maximum atomic E-state index is 12.1. The van der Waals surface area contributed by atoms with Gasteiger partial charge in [-0.05, 0) is 37.8 Å². The zero-order chi connectivity index (χ0) is 16.1. The summed E-state index contributed by atoms with van der Waals surface area (Å²) in [5.41, 5.74) is -0.227. The van der Waals surface area contributed by atoms with Crippen molar-refractivity contribution in [3.05, 3.63) is 52.8 Å². The van der Waals surface area contributed by atoms with Crippen LogP contribution in [0.25, 0.3) is 0 Å². The minimum atomic E-state index is -0.371. The molecule has 0 aromatic carbocycles. The molecule has 3 rings (SSSR count). The van der Waals surface area contributed by atoms with Gasteiger partial charge in [0.1, 0.15) is 11.7 Å². The quantitative estimate of drug-likeness (QED) is 0.886. The standard InChI is InChI=1S/C16H18N4O3/c21-15-13(2-1-7-19-15)16(22)20-11-3-5-12(6-4-11)23-14-10-17-8-9-18-14/h1-2,7-12H,3-6H2,(H,19,21)(H,20,22). The first kappa shape index (κ1) is 15.2. The Morgan fingerprint density at radius 2 is 2.09 bits per heavy atom. The number of nitrogens with one attached hydrogen (secondary N) is 2. The maximum absolute atomic E-state index is 12.1. The van der Waals surface area contributed by atoms with Gasteiger partial charge in [-0.25, -0.2) is 4.98 Å². The van der Waals surface area contributed by atoms with Gasteiger partial charge in [0.2, 0.25) is 5.88 Å². The molecule has 1 amide bonds. The van der Waals surface area contributed by atoms with Gasteiger partial charge in [0.25, 0.3) is 11.5 Å². The summed E-state index contributed by atoms with van der Waals surface area (Å²) in [6.07, 6.45) is 9.65. The molecule has 0 saturated heterocycles. The first-order valence-electron chi connectivity index (χ1n) is 7.63. The summed E-state index contributed by atoms with van der Waals surface area (Å²) in [5.74, 6) is 0.195. The average molecular weight is 314 g/mol. The molecule has 7 nitrogen and oxygen atoms in total. The molecule has 120 valence electrons. The number of carbonyl (C=O) groups is 1. The van der Waals surface area contributed by atoms with Gasteiger partial charge in [-0.15, -0.1) is 0 Å². The van der Waals surface area contributed by atoms with Crippen LogP contribution < -0.4 is 15.6 Å². The largest absolute Gasteiger partial charge is 0.473 e. The van der Waals surface area contributed by atoms with Gasteiger partial charge < -0.3 is 15.0 Å². The molecule has 0 spiro atoms. The number of pyridine rings is 1. The molecule has 7 heteroatoms. The van der Waals surface area contributed by atoms with Crippen LogP contribution in [-0.2, 0) is 0 Å². The number of carbonyl (C=O) groups excluding carboxylic acids is 1. The van der Waals surface area contributed by atoms with E-state index >= 15 is 0 Å². The molecule has 0 bridgehead atoms. The number of nitrogens with zero attached hydrogens (tertiary/aromatic N) is 2. The number of hydrogen-bond donors (Lipinski definition) is 2. The van der Waals surface area contributed by atoms with Crippen LogP contribution in [0.15, 0.2) is 41.7 Å². The molecule has 1 fully saturated rings. The Morgan fingerprint density at radius 3 is 2.78 bits per heavy atom. The summed E-state index contributed by atoms with van der Waals surface area (Å²) in [4.78, 5) is 34.3. The van der Waals surface area contributed by atoms with Gasteiger partial charge in [-0.1, -0.05) is 0 Å². The van der Waals surface area contributed by atoms with Crippen molar-refractivity contribution < 1.29 is 9.53 Å². The third kappa shape index (κ3) is 3.94. The van der Waals surface area contributed by atoms with E-state index in [1.165, 1.54) is 12.3 Å². The average Bonchev–Trinajstić information content (AvgIpc) is 2.58. The molecule has 0 aliphatic heterocycles. The van der Waals surface area contributed by atoms with E-state index < -0.39 is 0 Å². The zero-order valence-corrected chi connectivity index (χ0v) is 12.6. The van der Waals surface area contributed by atoms with Crippen LogP contribution in [-0.4, -0.2) is 33.0 Å². The molecule has 2 aromatic rings. The number of amides is 1. The van der Waals surface area contributed by atoms with Crippen molar-refractivity contribution in [3.8, 4) is 5.88 Å². The predicted octanol–water partition coefficient (Wildman–Crippen LogP) is 1.28. The SMILES string of the molecule is O=C(NC1CCC(Oc2cnccn2)CC1)c1ccc[nH]c1=O. The van der Waals surface area contributed by atoms with Crippen LogP contribution in [0.3, 0.4) is 0 Å². The highest BCUT2D eigenvalue weighted by Crippen LogP contribution is 2.22. The number of rotatable bonds is 4. The topological polar surface area (TPSA) is 97.0 Å². The Labute approximate surface area is 133 Å². The van der Waals surface area contributed by atoms with Crippen LogP contribution >= 0.6 is 0 Å². The zero-order valence-electron chi connectivity index (χ0n) is 12.6. The van der Waals surface area contributed by atoms with Crippen molar-refractivity contribution in [3.63, 3.8) is 0 Å². The Balaban J connectivity index is 1.50. The fourth-order valence-electron chi connectivity index (χ4n) is 2.71. The van der Waals surface area contributed by atoms with E-state index in [9.17, 15) is 9.59 Å². The summed E-state index contributed by atoms with van der Waals surface area (Å²) in [5, 5.41) is 2.92. The normalized spacial score (nSPS) is 20.7. The van der Waals surface area contributed by atoms with Crippen molar-refractivity contribution in [1.82, 2.24) is 20.3 Å². The summed E-state index contributed by atoms with van der Waals surface area (Å²) >= 11 is 0. The lowest BCUT2D eigenvalue weighted by atomic mass is 9.92. The van der Waals surface area contributed by atoms with Crippen LogP contribution in [0, 0.1) is 0 Å². The summed E-state index contributed by atoms with van der Waals surface area (Å²) in [7, 11) is 0. The maximum Gasteiger partial charge on any atom is 0.260 e. The predicted molar refractivity (Wildman–Crippen MR) is 83.2 cm³/mol. The van der Waals surface area contributed by atoms with Crippen LogP contribution in [0.1, 0.15) is 36.0 Å². The van der Waals surface area contributed by atoms with Gasteiger partial charge >= 0.3 is 0 Å². The summed E-state index contributed by atoms with van der Waals surface area (Å²) < 4.78 is 5.77. The Morgan fingerprint density at radius 1 is 1.26 bits per heavy atom. The second-order valence-corrected chi connectivity index (χ2v) is 5.52. The number of aromatic nitrogens is 3. The van der Waals surface area contributed by atoms with Gasteiger partial charge in [0.15, 0.2) is 0 Å². The molecule has 1 aliphatic rings. The van der Waals surface area contributed by atoms with Gasteiger partial charge in [-0.2, -0.15) is 0 Å². The fraction of sp³-hybridized carbons (Fsp3) is 0.375. The number of H-pyrrole nitrogens is 1. The van der Waals surface area contributed by atoms with Crippen molar-refractivity contribution in [2.75, 3.05) is 0 Å². The lowest BCUT2D eigenvalue weighted by Gasteiger charge is -2.29. The Bertz CT molecular complexity index is 709. The van der Waals surface area contributed by atoms with E-state index in [0.717, 1.165) is 25.7 Å². The molecule has 1 aliphatic carbocycles. The van der Waals surface area contributed by atoms with Crippen LogP contribution in [0.4, 0.5) is 0 Å². The molecule has 0 unspecified atom stereocenters. The summed E-state index contributed by atoms with van der Waals surface area (Å²) in [6, 6.07) is 3.22. The third-order valence-electron chi connectivity index (χ3n) is 3.90. The van der Waals surface area contributed by atoms with Crippen molar-refractivity contribution in [1.29, 1.82) is 0 Å². The van der Waals surface area contributed by atoms with Crippen molar-refractivity contribution in [2.45, 2.75) is 37.8 Å². The minimum absolute atomic E-state index is 0.0591. The Kier molecular flexibility index (Phi) is 4.65. The lowest BCUT2D eigenvalue weighted by Crippen LogP contribution is -2.41. The molecule has 2 N–H and O–H groups in total. The van der Waals surface area contributed by atoms with E-state index in [-0.39, 0.29) is 29.2 Å². The fourth-order valence-corrected chi connectivity index (χ4v) is 2.71. The molecule has 23 heavy (non-hydrogen) atoms. The second kappa shape index (κ2) is 7.04. The Hall–Kier alpha value is -2.70. The highest BCUT2D eigenvalue weighted by molar-refractivity contribution is 5.93. The highest BCUT2D eigenvalue weighted by Gasteiger charge is 2.24. The molecule has 0 radical (unpaired) electrons. The number of hydrogen-bond acceptors (Lipinski definition) is 5. The molecular formula is C16H18N4O3. The third-order valence-corrected chi connectivity index (χ3v) is 3.90. The number of aromatic amines is 1. The molecule has 2 aromatic heterocycles. The number of ether oxygens (including phenoxy) is 1. The van der Waals surface area contributed by atoms with E-state index in [1.807, 2.05) is 0 Å². The molecule has 0 atom stereocenters. The van der Waals surface area contributed by atoms with Crippen molar-refractivity contribution >= 4 is 5.91 Å².